The Morgan fingerprint density at radius 1 is 1.30 bits per heavy atom. The SMILES string of the molecule is CC(C)N[C@@H]1CCC[C@@H]1C. The number of rotatable bonds is 2. The van der Waals surface area contributed by atoms with Crippen LogP contribution in [-0.2, 0) is 0 Å². The summed E-state index contributed by atoms with van der Waals surface area (Å²) in [6.07, 6.45) is 4.23. The fourth-order valence-corrected chi connectivity index (χ4v) is 1.82. The minimum absolute atomic E-state index is 0.658. The van der Waals surface area contributed by atoms with Crippen molar-refractivity contribution in [2.75, 3.05) is 0 Å². The van der Waals surface area contributed by atoms with Gasteiger partial charge in [0.05, 0.1) is 0 Å². The van der Waals surface area contributed by atoms with Crippen molar-refractivity contribution in [2.45, 2.75) is 52.1 Å². The van der Waals surface area contributed by atoms with Gasteiger partial charge in [-0.05, 0) is 18.8 Å². The van der Waals surface area contributed by atoms with E-state index >= 15 is 0 Å². The van der Waals surface area contributed by atoms with Crippen LogP contribution in [0.3, 0.4) is 0 Å². The lowest BCUT2D eigenvalue weighted by atomic mass is 10.1. The zero-order valence-corrected chi connectivity index (χ0v) is 7.35. The number of hydrogen-bond acceptors (Lipinski definition) is 1. The molecule has 0 aromatic rings. The molecule has 1 nitrogen and oxygen atoms in total. The van der Waals surface area contributed by atoms with Crippen LogP contribution in [0.1, 0.15) is 40.0 Å². The molecule has 1 N–H and O–H groups in total. The predicted octanol–water partition coefficient (Wildman–Crippen LogP) is 2.17. The fourth-order valence-electron chi connectivity index (χ4n) is 1.82. The van der Waals surface area contributed by atoms with Gasteiger partial charge in [-0.2, -0.15) is 0 Å². The molecule has 0 aromatic carbocycles. The molecular weight excluding hydrogens is 122 g/mol. The normalized spacial score (nSPS) is 33.6. The summed E-state index contributed by atoms with van der Waals surface area (Å²) in [5.74, 6) is 0.905. The summed E-state index contributed by atoms with van der Waals surface area (Å²) in [5.41, 5.74) is 0. The molecule has 2 atom stereocenters. The van der Waals surface area contributed by atoms with Crippen molar-refractivity contribution in [2.24, 2.45) is 5.92 Å². The van der Waals surface area contributed by atoms with Gasteiger partial charge in [-0.1, -0.05) is 27.2 Å². The smallest absolute Gasteiger partial charge is 0.00950 e. The first-order valence-corrected chi connectivity index (χ1v) is 4.46. The Morgan fingerprint density at radius 3 is 2.40 bits per heavy atom. The van der Waals surface area contributed by atoms with Crippen LogP contribution in [0.5, 0.6) is 0 Å². The van der Waals surface area contributed by atoms with Crippen LogP contribution in [0, 0.1) is 5.92 Å². The van der Waals surface area contributed by atoms with Crippen LogP contribution in [0.4, 0.5) is 0 Å². The Bertz CT molecular complexity index is 98.9. The molecule has 0 unspecified atom stereocenters. The van der Waals surface area contributed by atoms with E-state index in [1.165, 1.54) is 19.3 Å². The first-order valence-electron chi connectivity index (χ1n) is 4.46. The minimum Gasteiger partial charge on any atom is -0.312 e. The molecule has 0 aromatic heterocycles. The second kappa shape index (κ2) is 3.38. The zero-order valence-electron chi connectivity index (χ0n) is 7.35. The molecule has 0 heterocycles. The Labute approximate surface area is 64.2 Å². The highest BCUT2D eigenvalue weighted by atomic mass is 14.9. The average molecular weight is 141 g/mol. The van der Waals surface area contributed by atoms with E-state index in [0.717, 1.165) is 12.0 Å². The van der Waals surface area contributed by atoms with Gasteiger partial charge in [-0.3, -0.25) is 0 Å². The second-order valence-corrected chi connectivity index (χ2v) is 3.84. The molecule has 0 saturated heterocycles. The molecule has 60 valence electrons. The third kappa shape index (κ3) is 1.98. The Morgan fingerprint density at radius 2 is 2.00 bits per heavy atom. The van der Waals surface area contributed by atoms with Crippen molar-refractivity contribution in [1.29, 1.82) is 0 Å². The van der Waals surface area contributed by atoms with Crippen LogP contribution in [0.2, 0.25) is 0 Å². The number of hydrogen-bond donors (Lipinski definition) is 1. The summed E-state index contributed by atoms with van der Waals surface area (Å²) in [5, 5.41) is 3.59. The lowest BCUT2D eigenvalue weighted by Crippen LogP contribution is -2.36. The van der Waals surface area contributed by atoms with E-state index in [2.05, 4.69) is 26.1 Å². The molecule has 0 bridgehead atoms. The van der Waals surface area contributed by atoms with Crippen molar-refractivity contribution >= 4 is 0 Å². The Balaban J connectivity index is 2.26. The van der Waals surface area contributed by atoms with E-state index in [-0.39, 0.29) is 0 Å². The van der Waals surface area contributed by atoms with E-state index in [1.807, 2.05) is 0 Å². The van der Waals surface area contributed by atoms with E-state index in [0.29, 0.717) is 6.04 Å². The molecular formula is C9H19N. The summed E-state index contributed by atoms with van der Waals surface area (Å²) < 4.78 is 0. The third-order valence-corrected chi connectivity index (χ3v) is 2.41. The van der Waals surface area contributed by atoms with E-state index in [1.54, 1.807) is 0 Å². The Hall–Kier alpha value is -0.0400. The van der Waals surface area contributed by atoms with Crippen LogP contribution < -0.4 is 5.32 Å². The lowest BCUT2D eigenvalue weighted by Gasteiger charge is -2.19. The topological polar surface area (TPSA) is 12.0 Å². The molecule has 1 fully saturated rings. The summed E-state index contributed by atoms with van der Waals surface area (Å²) in [6.45, 7) is 6.81. The quantitative estimate of drug-likeness (QED) is 0.621. The summed E-state index contributed by atoms with van der Waals surface area (Å²) >= 11 is 0. The lowest BCUT2D eigenvalue weighted by molar-refractivity contribution is 0.395. The highest BCUT2D eigenvalue weighted by Gasteiger charge is 2.22. The van der Waals surface area contributed by atoms with Gasteiger partial charge >= 0.3 is 0 Å². The largest absolute Gasteiger partial charge is 0.312 e. The highest BCUT2D eigenvalue weighted by molar-refractivity contribution is 4.80. The fraction of sp³-hybridized carbons (Fsp3) is 1.00. The molecule has 10 heavy (non-hydrogen) atoms. The predicted molar refractivity (Wildman–Crippen MR) is 45.1 cm³/mol. The summed E-state index contributed by atoms with van der Waals surface area (Å²) in [7, 11) is 0. The molecule has 1 rings (SSSR count). The van der Waals surface area contributed by atoms with Gasteiger partial charge in [0.25, 0.3) is 0 Å². The molecule has 1 aliphatic rings. The van der Waals surface area contributed by atoms with Gasteiger partial charge in [0.1, 0.15) is 0 Å². The molecule has 1 heteroatoms. The van der Waals surface area contributed by atoms with Crippen molar-refractivity contribution < 1.29 is 0 Å². The standard InChI is InChI=1S/C9H19N/c1-7(2)10-9-6-4-5-8(9)3/h7-10H,4-6H2,1-3H3/t8-,9+/m0/s1. The van der Waals surface area contributed by atoms with Crippen molar-refractivity contribution in [3.63, 3.8) is 0 Å². The van der Waals surface area contributed by atoms with Gasteiger partial charge in [0, 0.05) is 12.1 Å². The molecule has 1 aliphatic carbocycles. The summed E-state index contributed by atoms with van der Waals surface area (Å²) in [6, 6.07) is 1.46. The van der Waals surface area contributed by atoms with E-state index in [4.69, 9.17) is 0 Å². The maximum absolute atomic E-state index is 3.59. The Kier molecular flexibility index (Phi) is 2.72. The molecule has 0 spiro atoms. The third-order valence-electron chi connectivity index (χ3n) is 2.41. The minimum atomic E-state index is 0.658. The van der Waals surface area contributed by atoms with Gasteiger partial charge in [0.15, 0.2) is 0 Å². The van der Waals surface area contributed by atoms with Crippen molar-refractivity contribution in [3.8, 4) is 0 Å². The molecule has 0 aliphatic heterocycles. The maximum atomic E-state index is 3.59. The van der Waals surface area contributed by atoms with Crippen LogP contribution in [0.25, 0.3) is 0 Å². The summed E-state index contributed by atoms with van der Waals surface area (Å²) in [4.78, 5) is 0. The molecule has 0 radical (unpaired) electrons. The highest BCUT2D eigenvalue weighted by Crippen LogP contribution is 2.24. The second-order valence-electron chi connectivity index (χ2n) is 3.84. The molecule has 1 saturated carbocycles. The molecule has 0 amide bonds. The van der Waals surface area contributed by atoms with Gasteiger partial charge in [0.2, 0.25) is 0 Å². The number of nitrogens with one attached hydrogen (secondary N) is 1. The van der Waals surface area contributed by atoms with Crippen LogP contribution in [-0.4, -0.2) is 12.1 Å². The van der Waals surface area contributed by atoms with Crippen molar-refractivity contribution in [3.05, 3.63) is 0 Å². The van der Waals surface area contributed by atoms with Crippen molar-refractivity contribution in [1.82, 2.24) is 5.32 Å². The monoisotopic (exact) mass is 141 g/mol. The van der Waals surface area contributed by atoms with Crippen LogP contribution in [0.15, 0.2) is 0 Å². The van der Waals surface area contributed by atoms with E-state index < -0.39 is 0 Å². The first kappa shape index (κ1) is 8.06. The van der Waals surface area contributed by atoms with Crippen LogP contribution >= 0.6 is 0 Å². The maximum Gasteiger partial charge on any atom is 0.00950 e. The average Bonchev–Trinajstić information content (AvgIpc) is 2.15. The van der Waals surface area contributed by atoms with E-state index in [9.17, 15) is 0 Å². The first-order chi connectivity index (χ1) is 4.70. The van der Waals surface area contributed by atoms with Gasteiger partial charge in [-0.15, -0.1) is 0 Å². The van der Waals surface area contributed by atoms with Gasteiger partial charge in [-0.25, -0.2) is 0 Å². The zero-order chi connectivity index (χ0) is 7.56. The van der Waals surface area contributed by atoms with Gasteiger partial charge < -0.3 is 5.32 Å².